The van der Waals surface area contributed by atoms with Crippen LogP contribution in [0.5, 0.6) is 0 Å². The zero-order valence-corrected chi connectivity index (χ0v) is 9.95. The Morgan fingerprint density at radius 2 is 1.94 bits per heavy atom. The van der Waals surface area contributed by atoms with Crippen LogP contribution < -0.4 is 5.32 Å². The summed E-state index contributed by atoms with van der Waals surface area (Å²) in [7, 11) is 0. The van der Waals surface area contributed by atoms with E-state index < -0.39 is 0 Å². The van der Waals surface area contributed by atoms with Crippen LogP contribution in [0.3, 0.4) is 0 Å². The third-order valence-electron chi connectivity index (χ3n) is 4.12. The fourth-order valence-corrected chi connectivity index (χ4v) is 3.03. The third-order valence-corrected chi connectivity index (χ3v) is 4.12. The largest absolute Gasteiger partial charge is 0.312 e. The molecule has 16 heavy (non-hydrogen) atoms. The van der Waals surface area contributed by atoms with E-state index in [1.807, 2.05) is 0 Å². The van der Waals surface area contributed by atoms with E-state index >= 15 is 0 Å². The molecule has 1 aromatic rings. The fraction of sp³-hybridized carbons (Fsp3) is 0.571. The maximum Gasteiger partial charge on any atom is 0.0244 e. The molecule has 2 aliphatic heterocycles. The average Bonchev–Trinajstić information content (AvgIpc) is 2.97. The lowest BCUT2D eigenvalue weighted by Gasteiger charge is -2.29. The van der Waals surface area contributed by atoms with Gasteiger partial charge in [-0.2, -0.15) is 0 Å². The Bertz CT molecular complexity index is 344. The summed E-state index contributed by atoms with van der Waals surface area (Å²) in [6.45, 7) is 5.84. The predicted molar refractivity (Wildman–Crippen MR) is 66.2 cm³/mol. The minimum absolute atomic E-state index is 0.662. The van der Waals surface area contributed by atoms with E-state index in [4.69, 9.17) is 0 Å². The van der Waals surface area contributed by atoms with Crippen LogP contribution in [0, 0.1) is 0 Å². The summed E-state index contributed by atoms with van der Waals surface area (Å²) >= 11 is 0. The van der Waals surface area contributed by atoms with Gasteiger partial charge in [-0.05, 0) is 37.4 Å². The lowest BCUT2D eigenvalue weighted by Crippen LogP contribution is -2.43. The second-order valence-corrected chi connectivity index (χ2v) is 5.12. The van der Waals surface area contributed by atoms with Crippen molar-refractivity contribution in [3.8, 4) is 0 Å². The van der Waals surface area contributed by atoms with Crippen molar-refractivity contribution in [1.82, 2.24) is 10.2 Å². The smallest absolute Gasteiger partial charge is 0.0244 e. The van der Waals surface area contributed by atoms with Gasteiger partial charge in [0.2, 0.25) is 0 Å². The molecule has 0 aliphatic carbocycles. The average molecular weight is 216 g/mol. The van der Waals surface area contributed by atoms with Crippen molar-refractivity contribution in [2.75, 3.05) is 6.54 Å². The van der Waals surface area contributed by atoms with Gasteiger partial charge in [0.1, 0.15) is 0 Å². The van der Waals surface area contributed by atoms with Gasteiger partial charge in [-0.15, -0.1) is 0 Å². The first kappa shape index (κ1) is 10.3. The molecule has 0 bridgehead atoms. The number of nitrogens with zero attached hydrogens (tertiary/aromatic N) is 1. The van der Waals surface area contributed by atoms with Gasteiger partial charge in [0, 0.05) is 25.2 Å². The minimum Gasteiger partial charge on any atom is -0.312 e. The molecule has 1 N–H and O–H groups in total. The zero-order chi connectivity index (χ0) is 11.0. The van der Waals surface area contributed by atoms with E-state index in [2.05, 4.69) is 41.4 Å². The molecule has 0 spiro atoms. The highest BCUT2D eigenvalue weighted by Crippen LogP contribution is 2.26. The third kappa shape index (κ3) is 1.76. The SMILES string of the molecule is CC(C1CCCN1)N1Cc2ccccc2C1. The zero-order valence-electron chi connectivity index (χ0n) is 9.95. The molecule has 2 heterocycles. The molecule has 3 rings (SSSR count). The molecule has 0 aromatic heterocycles. The highest BCUT2D eigenvalue weighted by atomic mass is 15.2. The number of fused-ring (bicyclic) bond motifs is 1. The van der Waals surface area contributed by atoms with Crippen LogP contribution in [0.1, 0.15) is 30.9 Å². The van der Waals surface area contributed by atoms with Crippen molar-refractivity contribution in [2.45, 2.75) is 44.9 Å². The number of rotatable bonds is 2. The quantitative estimate of drug-likeness (QED) is 0.815. The lowest BCUT2D eigenvalue weighted by atomic mass is 10.1. The Morgan fingerprint density at radius 1 is 1.25 bits per heavy atom. The van der Waals surface area contributed by atoms with E-state index in [1.165, 1.54) is 30.5 Å². The van der Waals surface area contributed by atoms with E-state index in [0.717, 1.165) is 13.1 Å². The molecule has 2 unspecified atom stereocenters. The molecular weight excluding hydrogens is 196 g/mol. The lowest BCUT2D eigenvalue weighted by molar-refractivity contribution is 0.177. The summed E-state index contributed by atoms with van der Waals surface area (Å²) in [6.07, 6.45) is 2.68. The second kappa shape index (κ2) is 4.19. The van der Waals surface area contributed by atoms with Crippen molar-refractivity contribution < 1.29 is 0 Å². The van der Waals surface area contributed by atoms with Gasteiger partial charge in [0.05, 0.1) is 0 Å². The number of hydrogen-bond donors (Lipinski definition) is 1. The van der Waals surface area contributed by atoms with Crippen LogP contribution >= 0.6 is 0 Å². The van der Waals surface area contributed by atoms with E-state index in [1.54, 1.807) is 0 Å². The van der Waals surface area contributed by atoms with Gasteiger partial charge in [0.15, 0.2) is 0 Å². The monoisotopic (exact) mass is 216 g/mol. The van der Waals surface area contributed by atoms with Crippen LogP contribution in [0.4, 0.5) is 0 Å². The van der Waals surface area contributed by atoms with Crippen molar-refractivity contribution in [2.24, 2.45) is 0 Å². The van der Waals surface area contributed by atoms with E-state index in [-0.39, 0.29) is 0 Å². The molecular formula is C14H20N2. The molecule has 0 radical (unpaired) electrons. The molecule has 2 atom stereocenters. The van der Waals surface area contributed by atoms with E-state index in [9.17, 15) is 0 Å². The Kier molecular flexibility index (Phi) is 2.70. The molecule has 0 saturated carbocycles. The number of nitrogens with one attached hydrogen (secondary N) is 1. The molecule has 86 valence electrons. The molecule has 1 saturated heterocycles. The van der Waals surface area contributed by atoms with Gasteiger partial charge in [-0.3, -0.25) is 4.90 Å². The maximum absolute atomic E-state index is 3.62. The van der Waals surface area contributed by atoms with Crippen LogP contribution in [0.2, 0.25) is 0 Å². The van der Waals surface area contributed by atoms with Crippen LogP contribution in [-0.4, -0.2) is 23.5 Å². The van der Waals surface area contributed by atoms with Gasteiger partial charge < -0.3 is 5.32 Å². The van der Waals surface area contributed by atoms with Gasteiger partial charge in [0.25, 0.3) is 0 Å². The summed E-state index contributed by atoms with van der Waals surface area (Å²) in [5.41, 5.74) is 3.04. The molecule has 1 aromatic carbocycles. The Morgan fingerprint density at radius 3 is 2.50 bits per heavy atom. The van der Waals surface area contributed by atoms with Gasteiger partial charge in [-0.25, -0.2) is 0 Å². The molecule has 2 heteroatoms. The second-order valence-electron chi connectivity index (χ2n) is 5.12. The number of benzene rings is 1. The molecule has 0 amide bonds. The van der Waals surface area contributed by atoms with E-state index in [0.29, 0.717) is 12.1 Å². The first-order valence-electron chi connectivity index (χ1n) is 6.39. The predicted octanol–water partition coefficient (Wildman–Crippen LogP) is 2.14. The highest BCUT2D eigenvalue weighted by molar-refractivity contribution is 5.30. The number of hydrogen-bond acceptors (Lipinski definition) is 2. The van der Waals surface area contributed by atoms with Gasteiger partial charge in [-0.1, -0.05) is 24.3 Å². The summed E-state index contributed by atoms with van der Waals surface area (Å²) in [4.78, 5) is 2.60. The van der Waals surface area contributed by atoms with Crippen molar-refractivity contribution in [3.05, 3.63) is 35.4 Å². The first-order valence-corrected chi connectivity index (χ1v) is 6.39. The van der Waals surface area contributed by atoms with Crippen molar-refractivity contribution in [3.63, 3.8) is 0 Å². The first-order chi connectivity index (χ1) is 7.84. The standard InChI is InChI=1S/C14H20N2/c1-11(14-7-4-8-15-14)16-9-12-5-2-3-6-13(12)10-16/h2-3,5-6,11,14-15H,4,7-10H2,1H3. The van der Waals surface area contributed by atoms with Crippen molar-refractivity contribution in [1.29, 1.82) is 0 Å². The van der Waals surface area contributed by atoms with Crippen molar-refractivity contribution >= 4 is 0 Å². The molecule has 2 aliphatic rings. The maximum atomic E-state index is 3.62. The van der Waals surface area contributed by atoms with Crippen LogP contribution in [-0.2, 0) is 13.1 Å². The topological polar surface area (TPSA) is 15.3 Å². The Labute approximate surface area is 97.6 Å². The summed E-state index contributed by atoms with van der Waals surface area (Å²) in [6, 6.07) is 10.2. The fourth-order valence-electron chi connectivity index (χ4n) is 3.03. The van der Waals surface area contributed by atoms with Crippen LogP contribution in [0.25, 0.3) is 0 Å². The highest BCUT2D eigenvalue weighted by Gasteiger charge is 2.29. The summed E-state index contributed by atoms with van der Waals surface area (Å²) in [5, 5.41) is 3.62. The molecule has 2 nitrogen and oxygen atoms in total. The Hall–Kier alpha value is -0.860. The van der Waals surface area contributed by atoms with Gasteiger partial charge >= 0.3 is 0 Å². The van der Waals surface area contributed by atoms with Crippen LogP contribution in [0.15, 0.2) is 24.3 Å². The Balaban J connectivity index is 1.70. The normalized spacial score (nSPS) is 26.9. The molecule has 1 fully saturated rings. The minimum atomic E-state index is 0.662. The summed E-state index contributed by atoms with van der Waals surface area (Å²) in [5.74, 6) is 0. The summed E-state index contributed by atoms with van der Waals surface area (Å²) < 4.78 is 0.